The van der Waals surface area contributed by atoms with Crippen LogP contribution in [0.4, 0.5) is 0 Å². The fourth-order valence-electron chi connectivity index (χ4n) is 6.08. The van der Waals surface area contributed by atoms with Gasteiger partial charge in [0.25, 0.3) is 0 Å². The zero-order chi connectivity index (χ0) is 33.8. The van der Waals surface area contributed by atoms with Gasteiger partial charge in [-0.3, -0.25) is 0 Å². The molecule has 0 bridgehead atoms. The van der Waals surface area contributed by atoms with Gasteiger partial charge in [-0.1, -0.05) is 91.2 Å². The molecule has 0 aliphatic carbocycles. The number of hydrogen-bond acceptors (Lipinski definition) is 3. The van der Waals surface area contributed by atoms with Gasteiger partial charge in [-0.15, -0.1) is 23.8 Å². The van der Waals surface area contributed by atoms with Gasteiger partial charge in [0.1, 0.15) is 0 Å². The average molecular weight is 904 g/mol. The molecule has 3 heterocycles. The number of pyridine rings is 2. The first kappa shape index (κ1) is 35.6. The second kappa shape index (κ2) is 15.8. The SMILES string of the molecule is CC(c1ccccc1)c1ccnc(-c2[c-]ccc3c2sc2cc(-c4ccccc4)ccc23)c1.[CH3][Ge]([CH3])([CH3])[c]1ccc(-c2[c-]cccc2)nc1.[Ir]. The Bertz CT molecular complexity index is 2310. The molecule has 0 aliphatic heterocycles. The number of benzene rings is 5. The van der Waals surface area contributed by atoms with Gasteiger partial charge in [0, 0.05) is 36.9 Å². The van der Waals surface area contributed by atoms with E-state index in [1.807, 2.05) is 54.1 Å². The molecule has 0 spiro atoms. The second-order valence-electron chi connectivity index (χ2n) is 13.3. The Balaban J connectivity index is 0.000000215. The third-order valence-electron chi connectivity index (χ3n) is 8.99. The minimum Gasteiger partial charge on any atom is 0 e. The summed E-state index contributed by atoms with van der Waals surface area (Å²) in [4.78, 5) is 9.28. The molecule has 1 atom stereocenters. The first-order chi connectivity index (χ1) is 23.8. The van der Waals surface area contributed by atoms with E-state index in [0.29, 0.717) is 5.92 Å². The summed E-state index contributed by atoms with van der Waals surface area (Å²) in [5, 5.41) is 2.56. The van der Waals surface area contributed by atoms with Crippen LogP contribution in [0.1, 0.15) is 24.0 Å². The second-order valence-corrected chi connectivity index (χ2v) is 25.0. The van der Waals surface area contributed by atoms with E-state index in [1.165, 1.54) is 46.8 Å². The van der Waals surface area contributed by atoms with Crippen LogP contribution in [0.2, 0.25) is 17.3 Å². The molecule has 0 saturated carbocycles. The van der Waals surface area contributed by atoms with Crippen LogP contribution in [0.15, 0.2) is 152 Å². The zero-order valence-corrected chi connectivity index (χ0v) is 34.0. The molecule has 0 N–H and O–H groups in total. The summed E-state index contributed by atoms with van der Waals surface area (Å²) in [6, 6.07) is 55.5. The standard InChI is InChI=1S/C31H22NS.C14H16GeN.Ir/c1-21(22-9-4-2-5-10-22)24-17-18-32-29(19-24)28-14-8-13-27-26-16-15-25(20-30(26)33-31(27)28)23-11-6-3-7-12-23;1-15(2,3)13-9-10-14(16-11-13)12-7-5-4-6-8-12;/h2-13,15-21H,1H3;4-7,9-11H,1-3H3;/q2*-1;. The van der Waals surface area contributed by atoms with Crippen molar-refractivity contribution in [3.8, 4) is 33.6 Å². The van der Waals surface area contributed by atoms with Crippen molar-refractivity contribution in [1.82, 2.24) is 9.97 Å². The van der Waals surface area contributed by atoms with Gasteiger partial charge in [-0.2, -0.15) is 11.3 Å². The predicted molar refractivity (Wildman–Crippen MR) is 212 cm³/mol. The molecule has 2 nitrogen and oxygen atoms in total. The Morgan fingerprint density at radius 2 is 1.38 bits per heavy atom. The van der Waals surface area contributed by atoms with Crippen molar-refractivity contribution >= 4 is 49.2 Å². The number of thiophene rings is 1. The Morgan fingerprint density at radius 3 is 2.08 bits per heavy atom. The molecule has 8 aromatic rings. The number of fused-ring (bicyclic) bond motifs is 3. The fourth-order valence-corrected chi connectivity index (χ4v) is 9.50. The first-order valence-electron chi connectivity index (χ1n) is 16.7. The topological polar surface area (TPSA) is 25.8 Å². The summed E-state index contributed by atoms with van der Waals surface area (Å²) in [6.45, 7) is 2.25. The molecule has 5 heteroatoms. The van der Waals surface area contributed by atoms with E-state index in [4.69, 9.17) is 4.98 Å². The minimum absolute atomic E-state index is 0. The Labute approximate surface area is 316 Å². The van der Waals surface area contributed by atoms with Gasteiger partial charge < -0.3 is 4.98 Å². The smallest absolute Gasteiger partial charge is 0 e. The van der Waals surface area contributed by atoms with Gasteiger partial charge >= 0.3 is 99.8 Å². The molecule has 50 heavy (non-hydrogen) atoms. The third kappa shape index (κ3) is 7.90. The van der Waals surface area contributed by atoms with Gasteiger partial charge in [0.15, 0.2) is 0 Å². The molecule has 0 saturated heterocycles. The maximum atomic E-state index is 4.75. The summed E-state index contributed by atoms with van der Waals surface area (Å²) in [5.74, 6) is 7.45. The molecular formula is C45H38GeIrN2S-2. The number of rotatable bonds is 6. The number of hydrogen-bond donors (Lipinski definition) is 0. The quantitative estimate of drug-likeness (QED) is 0.123. The normalized spacial score (nSPS) is 11.8. The predicted octanol–water partition coefficient (Wildman–Crippen LogP) is 11.8. The minimum atomic E-state index is -1.72. The van der Waals surface area contributed by atoms with Crippen LogP contribution in [-0.2, 0) is 20.1 Å². The molecule has 3 aromatic heterocycles. The van der Waals surface area contributed by atoms with Crippen molar-refractivity contribution in [1.29, 1.82) is 0 Å². The van der Waals surface area contributed by atoms with Crippen molar-refractivity contribution in [2.45, 2.75) is 30.1 Å². The Morgan fingerprint density at radius 1 is 0.620 bits per heavy atom. The van der Waals surface area contributed by atoms with Crippen LogP contribution in [0, 0.1) is 12.1 Å². The van der Waals surface area contributed by atoms with E-state index in [1.54, 1.807) is 0 Å². The third-order valence-corrected chi connectivity index (χ3v) is 14.4. The summed E-state index contributed by atoms with van der Waals surface area (Å²) < 4.78 is 3.98. The summed E-state index contributed by atoms with van der Waals surface area (Å²) in [7, 11) is 0. The van der Waals surface area contributed by atoms with Gasteiger partial charge in [-0.25, -0.2) is 0 Å². The van der Waals surface area contributed by atoms with Crippen LogP contribution in [-0.4, -0.2) is 23.2 Å². The van der Waals surface area contributed by atoms with Crippen molar-refractivity contribution in [3.05, 3.63) is 175 Å². The van der Waals surface area contributed by atoms with Gasteiger partial charge in [-0.05, 0) is 50.2 Å². The van der Waals surface area contributed by atoms with E-state index in [-0.39, 0.29) is 20.1 Å². The number of nitrogens with zero attached hydrogens (tertiary/aromatic N) is 2. The monoisotopic (exact) mass is 905 g/mol. The maximum Gasteiger partial charge on any atom is 0 e. The zero-order valence-electron chi connectivity index (χ0n) is 28.6. The fraction of sp³-hybridized carbons (Fsp3) is 0.111. The first-order valence-corrected chi connectivity index (χ1v) is 24.9. The molecule has 8 rings (SSSR count). The van der Waals surface area contributed by atoms with Crippen LogP contribution in [0.25, 0.3) is 53.8 Å². The molecular weight excluding hydrogens is 865 g/mol. The Hall–Kier alpha value is -4.19. The molecule has 0 fully saturated rings. The summed E-state index contributed by atoms with van der Waals surface area (Å²) in [5.41, 5.74) is 9.21. The van der Waals surface area contributed by atoms with E-state index >= 15 is 0 Å². The molecule has 5 aromatic carbocycles. The van der Waals surface area contributed by atoms with Gasteiger partial charge in [0.05, 0.1) is 0 Å². The van der Waals surface area contributed by atoms with Crippen molar-refractivity contribution in [2.24, 2.45) is 0 Å². The van der Waals surface area contributed by atoms with E-state index < -0.39 is 13.3 Å². The maximum absolute atomic E-state index is 4.75. The van der Waals surface area contributed by atoms with Gasteiger partial charge in [0.2, 0.25) is 0 Å². The van der Waals surface area contributed by atoms with E-state index in [2.05, 4.69) is 151 Å². The number of aromatic nitrogens is 2. The van der Waals surface area contributed by atoms with Crippen LogP contribution >= 0.6 is 11.3 Å². The molecule has 1 radical (unpaired) electrons. The van der Waals surface area contributed by atoms with Crippen molar-refractivity contribution < 1.29 is 20.1 Å². The Kier molecular flexibility index (Phi) is 11.3. The van der Waals surface area contributed by atoms with Crippen LogP contribution in [0.3, 0.4) is 0 Å². The van der Waals surface area contributed by atoms with Crippen LogP contribution in [0.5, 0.6) is 0 Å². The molecule has 249 valence electrons. The van der Waals surface area contributed by atoms with E-state index in [0.717, 1.165) is 22.5 Å². The molecule has 0 aliphatic rings. The summed E-state index contributed by atoms with van der Waals surface area (Å²) in [6.07, 6.45) is 3.97. The average Bonchev–Trinajstić information content (AvgIpc) is 3.54. The van der Waals surface area contributed by atoms with Crippen LogP contribution < -0.4 is 4.40 Å². The molecule has 1 unspecified atom stereocenters. The van der Waals surface area contributed by atoms with E-state index in [9.17, 15) is 0 Å². The molecule has 0 amide bonds. The van der Waals surface area contributed by atoms with Crippen molar-refractivity contribution in [2.75, 3.05) is 0 Å². The largest absolute Gasteiger partial charge is 0 e. The summed E-state index contributed by atoms with van der Waals surface area (Å²) >= 11 is 0.115. The van der Waals surface area contributed by atoms with Crippen molar-refractivity contribution in [3.63, 3.8) is 0 Å².